The number of fused-ring (bicyclic) bond motifs is 5. The third kappa shape index (κ3) is 3.83. The average Bonchev–Trinajstić information content (AvgIpc) is 3.50. The highest BCUT2D eigenvalue weighted by Gasteiger charge is 2.21. The molecule has 0 bridgehead atoms. The normalized spacial score (nSPS) is 11.4. The van der Waals surface area contributed by atoms with Crippen molar-refractivity contribution in [1.82, 2.24) is 14.1 Å². The van der Waals surface area contributed by atoms with E-state index < -0.39 is 6.09 Å². The van der Waals surface area contributed by atoms with Gasteiger partial charge in [0, 0.05) is 36.4 Å². The SMILES string of the molecule is [C-]#[N+]c1ccc(-c2cc3n(c2)Cc2cc(NC(=O)Oc4ccccc4)ccc2-n2ccnc2-3)cc1. The van der Waals surface area contributed by atoms with Gasteiger partial charge in [-0.1, -0.05) is 42.5 Å². The summed E-state index contributed by atoms with van der Waals surface area (Å²) in [5, 5.41) is 2.83. The Labute approximate surface area is 201 Å². The van der Waals surface area contributed by atoms with Gasteiger partial charge in [-0.2, -0.15) is 0 Å². The van der Waals surface area contributed by atoms with Gasteiger partial charge >= 0.3 is 6.09 Å². The number of rotatable bonds is 3. The van der Waals surface area contributed by atoms with Crippen molar-refractivity contribution in [3.8, 4) is 34.1 Å². The molecule has 0 fully saturated rings. The first-order valence-corrected chi connectivity index (χ1v) is 11.1. The predicted molar refractivity (Wildman–Crippen MR) is 134 cm³/mol. The maximum absolute atomic E-state index is 12.4. The van der Waals surface area contributed by atoms with E-state index in [1.54, 1.807) is 18.3 Å². The minimum atomic E-state index is -0.542. The molecule has 5 aromatic rings. The molecule has 7 nitrogen and oxygen atoms in total. The number of amides is 1. The Balaban J connectivity index is 1.33. The molecule has 3 heterocycles. The Morgan fingerprint density at radius 2 is 1.83 bits per heavy atom. The quantitative estimate of drug-likeness (QED) is 0.307. The first kappa shape index (κ1) is 20.5. The van der Waals surface area contributed by atoms with Crippen LogP contribution in [0.3, 0.4) is 0 Å². The summed E-state index contributed by atoms with van der Waals surface area (Å²) in [4.78, 5) is 20.5. The van der Waals surface area contributed by atoms with Crippen molar-refractivity contribution in [1.29, 1.82) is 0 Å². The molecule has 1 aliphatic rings. The lowest BCUT2D eigenvalue weighted by Gasteiger charge is -2.12. The molecule has 1 aliphatic heterocycles. The van der Waals surface area contributed by atoms with Crippen molar-refractivity contribution in [3.63, 3.8) is 0 Å². The molecular weight excluding hydrogens is 438 g/mol. The number of hydrogen-bond donors (Lipinski definition) is 1. The van der Waals surface area contributed by atoms with Crippen molar-refractivity contribution in [2.24, 2.45) is 0 Å². The highest BCUT2D eigenvalue weighted by atomic mass is 16.6. The third-order valence-electron chi connectivity index (χ3n) is 5.98. The molecule has 0 saturated heterocycles. The van der Waals surface area contributed by atoms with Gasteiger partial charge in [0.05, 0.1) is 18.0 Å². The van der Waals surface area contributed by atoms with Crippen molar-refractivity contribution >= 4 is 17.5 Å². The number of carbonyl (C=O) groups is 1. The van der Waals surface area contributed by atoms with E-state index in [0.717, 1.165) is 33.9 Å². The molecule has 0 saturated carbocycles. The number of carbonyl (C=O) groups excluding carboxylic acids is 1. The molecule has 0 atom stereocenters. The number of nitrogens with zero attached hydrogens (tertiary/aromatic N) is 4. The molecule has 0 unspecified atom stereocenters. The van der Waals surface area contributed by atoms with E-state index in [0.29, 0.717) is 23.7 Å². The number of para-hydroxylation sites is 1. The molecule has 0 radical (unpaired) electrons. The van der Waals surface area contributed by atoms with E-state index in [-0.39, 0.29) is 0 Å². The molecule has 2 aromatic heterocycles. The minimum Gasteiger partial charge on any atom is -0.410 e. The standard InChI is InChI=1S/C28H19N5O2/c1-29-22-9-7-19(8-10-22)20-16-26-27-30-13-14-33(27)25-12-11-23(15-21(25)18-32(26)17-20)31-28(34)35-24-5-3-2-4-6-24/h2-17H,18H2,(H,31,34). The smallest absolute Gasteiger partial charge is 0.410 e. The van der Waals surface area contributed by atoms with Gasteiger partial charge in [0.15, 0.2) is 11.5 Å². The molecule has 7 heteroatoms. The number of anilines is 1. The molecular formula is C28H19N5O2. The van der Waals surface area contributed by atoms with E-state index in [4.69, 9.17) is 11.3 Å². The lowest BCUT2D eigenvalue weighted by Crippen LogP contribution is -2.17. The largest absolute Gasteiger partial charge is 0.417 e. The number of benzene rings is 3. The second-order valence-corrected chi connectivity index (χ2v) is 8.19. The molecule has 6 rings (SSSR count). The molecule has 3 aromatic carbocycles. The zero-order valence-corrected chi connectivity index (χ0v) is 18.6. The number of aromatic nitrogens is 3. The summed E-state index contributed by atoms with van der Waals surface area (Å²) < 4.78 is 9.59. The molecule has 1 amide bonds. The fourth-order valence-electron chi connectivity index (χ4n) is 4.35. The van der Waals surface area contributed by atoms with Gasteiger partial charge in [-0.25, -0.2) is 14.6 Å². The highest BCUT2D eigenvalue weighted by molar-refractivity contribution is 5.86. The second-order valence-electron chi connectivity index (χ2n) is 8.19. The summed E-state index contributed by atoms with van der Waals surface area (Å²) in [5.74, 6) is 1.33. The number of nitrogens with one attached hydrogen (secondary N) is 1. The van der Waals surface area contributed by atoms with Gasteiger partial charge in [-0.05, 0) is 47.5 Å². The zero-order valence-electron chi connectivity index (χ0n) is 18.6. The summed E-state index contributed by atoms with van der Waals surface area (Å²) in [6, 6.07) is 24.5. The minimum absolute atomic E-state index is 0.483. The van der Waals surface area contributed by atoms with Gasteiger partial charge in [-0.15, -0.1) is 0 Å². The first-order chi connectivity index (χ1) is 17.2. The van der Waals surface area contributed by atoms with Crippen LogP contribution in [0.1, 0.15) is 5.56 Å². The summed E-state index contributed by atoms with van der Waals surface area (Å²) >= 11 is 0. The van der Waals surface area contributed by atoms with E-state index >= 15 is 0 Å². The van der Waals surface area contributed by atoms with Gasteiger partial charge in [0.1, 0.15) is 5.75 Å². The highest BCUT2D eigenvalue weighted by Crippen LogP contribution is 2.35. The van der Waals surface area contributed by atoms with Crippen LogP contribution in [0, 0.1) is 6.57 Å². The van der Waals surface area contributed by atoms with E-state index in [1.165, 1.54) is 0 Å². The van der Waals surface area contributed by atoms with Crippen LogP contribution in [0.4, 0.5) is 16.2 Å². The fraction of sp³-hybridized carbons (Fsp3) is 0.0357. The molecule has 1 N–H and O–H groups in total. The van der Waals surface area contributed by atoms with Gasteiger partial charge in [-0.3, -0.25) is 9.88 Å². The van der Waals surface area contributed by atoms with Crippen LogP contribution in [0.15, 0.2) is 97.5 Å². The Bertz CT molecular complexity index is 1590. The summed E-state index contributed by atoms with van der Waals surface area (Å²) in [6.07, 6.45) is 5.28. The molecule has 0 aliphatic carbocycles. The van der Waals surface area contributed by atoms with E-state index in [9.17, 15) is 4.79 Å². The third-order valence-corrected chi connectivity index (χ3v) is 5.98. The number of hydrogen-bond acceptors (Lipinski definition) is 3. The topological polar surface area (TPSA) is 65.4 Å². The summed E-state index contributed by atoms with van der Waals surface area (Å²) in [6.45, 7) is 7.78. The van der Waals surface area contributed by atoms with Crippen LogP contribution in [0.5, 0.6) is 5.75 Å². The summed E-state index contributed by atoms with van der Waals surface area (Å²) in [5.41, 5.74) is 6.39. The van der Waals surface area contributed by atoms with Crippen LogP contribution in [0.2, 0.25) is 0 Å². The summed E-state index contributed by atoms with van der Waals surface area (Å²) in [7, 11) is 0. The fourth-order valence-corrected chi connectivity index (χ4v) is 4.35. The predicted octanol–water partition coefficient (Wildman–Crippen LogP) is 6.53. The first-order valence-electron chi connectivity index (χ1n) is 11.1. The van der Waals surface area contributed by atoms with E-state index in [2.05, 4.69) is 36.5 Å². The van der Waals surface area contributed by atoms with Crippen LogP contribution in [-0.4, -0.2) is 20.2 Å². The Morgan fingerprint density at radius 3 is 2.63 bits per heavy atom. The number of ether oxygens (including phenoxy) is 1. The average molecular weight is 457 g/mol. The van der Waals surface area contributed by atoms with Gasteiger partial charge in [0.25, 0.3) is 0 Å². The molecule has 0 spiro atoms. The Morgan fingerprint density at radius 1 is 1.00 bits per heavy atom. The van der Waals surface area contributed by atoms with Crippen molar-refractivity contribution in [2.45, 2.75) is 6.54 Å². The second kappa shape index (κ2) is 8.36. The Kier molecular flexibility index (Phi) is 4.90. The maximum Gasteiger partial charge on any atom is 0.417 e. The van der Waals surface area contributed by atoms with Gasteiger partial charge < -0.3 is 9.30 Å². The maximum atomic E-state index is 12.4. The number of imidazole rings is 1. The lowest BCUT2D eigenvalue weighted by molar-refractivity contribution is 0.215. The van der Waals surface area contributed by atoms with Crippen LogP contribution in [0.25, 0.3) is 33.2 Å². The van der Waals surface area contributed by atoms with Crippen molar-refractivity contribution in [3.05, 3.63) is 114 Å². The Hall–Kier alpha value is -5.09. The van der Waals surface area contributed by atoms with Crippen LogP contribution in [-0.2, 0) is 6.54 Å². The van der Waals surface area contributed by atoms with Crippen molar-refractivity contribution < 1.29 is 9.53 Å². The zero-order chi connectivity index (χ0) is 23.8. The van der Waals surface area contributed by atoms with Crippen LogP contribution < -0.4 is 10.1 Å². The van der Waals surface area contributed by atoms with Crippen LogP contribution >= 0.6 is 0 Å². The lowest BCUT2D eigenvalue weighted by atomic mass is 10.1. The molecule has 168 valence electrons. The molecule has 35 heavy (non-hydrogen) atoms. The van der Waals surface area contributed by atoms with Gasteiger partial charge in [0.2, 0.25) is 0 Å². The monoisotopic (exact) mass is 457 g/mol. The van der Waals surface area contributed by atoms with E-state index in [1.807, 2.05) is 66.9 Å². The van der Waals surface area contributed by atoms with Crippen molar-refractivity contribution in [2.75, 3.05) is 5.32 Å².